The molecule has 0 spiro atoms. The second kappa shape index (κ2) is 14.7. The van der Waals surface area contributed by atoms with Crippen molar-refractivity contribution in [1.29, 1.82) is 0 Å². The van der Waals surface area contributed by atoms with Crippen molar-refractivity contribution in [2.45, 2.75) is 82.8 Å². The van der Waals surface area contributed by atoms with Gasteiger partial charge >= 0.3 is 0 Å². The van der Waals surface area contributed by atoms with Crippen molar-refractivity contribution in [1.82, 2.24) is 0 Å². The first-order chi connectivity index (χ1) is 18.5. The van der Waals surface area contributed by atoms with E-state index >= 15 is 0 Å². The Kier molecular flexibility index (Phi) is 11.0. The molecule has 4 rings (SSSR count). The molecule has 8 heteroatoms. The highest BCUT2D eigenvalue weighted by atomic mass is 16.7. The van der Waals surface area contributed by atoms with Crippen LogP contribution in [0.3, 0.4) is 0 Å². The van der Waals surface area contributed by atoms with Crippen LogP contribution < -0.4 is 9.47 Å². The first-order valence-corrected chi connectivity index (χ1v) is 13.7. The Hall–Kier alpha value is -2.41. The third-order valence-corrected chi connectivity index (χ3v) is 7.08. The molecule has 2 saturated heterocycles. The van der Waals surface area contributed by atoms with E-state index in [2.05, 4.69) is 11.8 Å². The molecule has 1 saturated carbocycles. The summed E-state index contributed by atoms with van der Waals surface area (Å²) in [6.07, 6.45) is 8.15. The molecule has 1 aromatic carbocycles. The Labute approximate surface area is 225 Å². The van der Waals surface area contributed by atoms with E-state index in [1.165, 1.54) is 6.92 Å². The van der Waals surface area contributed by atoms with Crippen molar-refractivity contribution in [2.75, 3.05) is 26.9 Å². The lowest BCUT2D eigenvalue weighted by atomic mass is 9.93. The molecule has 0 aromatic heterocycles. The van der Waals surface area contributed by atoms with Crippen LogP contribution in [0.1, 0.15) is 51.9 Å². The summed E-state index contributed by atoms with van der Waals surface area (Å²) in [6.45, 7) is 3.03. The molecule has 208 valence electrons. The van der Waals surface area contributed by atoms with Gasteiger partial charge in [0.15, 0.2) is 12.6 Å². The standard InChI is InChI=1S/C30H40O8/c1-21(31)12-14-25-26(28(19-27(25)32)38-30-11-4-6-17-35-30)15-13-24(37-29-10-3-5-16-34-29)20-36-23-9-7-8-22(18-23)33-2/h7-9,13,15,18,24-30,32H,3-6,10-11,16-17,19-20H2,1-2H3. The van der Waals surface area contributed by atoms with Gasteiger partial charge in [0.1, 0.15) is 24.2 Å². The fraction of sp³-hybridized carbons (Fsp3) is 0.633. The molecule has 2 heterocycles. The van der Waals surface area contributed by atoms with Crippen LogP contribution in [0.15, 0.2) is 36.4 Å². The lowest BCUT2D eigenvalue weighted by Gasteiger charge is -2.29. The number of methoxy groups -OCH3 is 1. The van der Waals surface area contributed by atoms with Crippen LogP contribution in [0.2, 0.25) is 0 Å². The molecule has 2 aliphatic heterocycles. The van der Waals surface area contributed by atoms with Gasteiger partial charge in [-0.15, -0.1) is 0 Å². The second-order valence-corrected chi connectivity index (χ2v) is 10.0. The molecule has 1 aromatic rings. The van der Waals surface area contributed by atoms with Crippen molar-refractivity contribution in [3.05, 3.63) is 36.4 Å². The van der Waals surface area contributed by atoms with Gasteiger partial charge in [0.05, 0.1) is 25.2 Å². The van der Waals surface area contributed by atoms with Crippen LogP contribution in [-0.4, -0.2) is 68.7 Å². The number of aliphatic hydroxyl groups excluding tert-OH is 1. The summed E-state index contributed by atoms with van der Waals surface area (Å²) in [6, 6.07) is 7.43. The lowest BCUT2D eigenvalue weighted by molar-refractivity contribution is -0.193. The number of benzene rings is 1. The first-order valence-electron chi connectivity index (χ1n) is 13.7. The van der Waals surface area contributed by atoms with Crippen molar-refractivity contribution in [2.24, 2.45) is 11.8 Å². The van der Waals surface area contributed by atoms with Crippen LogP contribution in [0.25, 0.3) is 0 Å². The maximum Gasteiger partial charge on any atom is 0.202 e. The molecule has 7 unspecified atom stereocenters. The Morgan fingerprint density at radius 2 is 1.87 bits per heavy atom. The fourth-order valence-corrected chi connectivity index (χ4v) is 5.09. The number of hydrogen-bond donors (Lipinski definition) is 1. The van der Waals surface area contributed by atoms with Crippen molar-refractivity contribution >= 4 is 5.78 Å². The molecule has 7 atom stereocenters. The number of Topliss-reactive ketones (excluding diaryl/α,β-unsaturated/α-hetero) is 1. The molecule has 0 radical (unpaired) electrons. The molecule has 1 aliphatic carbocycles. The topological polar surface area (TPSA) is 92.7 Å². The average Bonchev–Trinajstić information content (AvgIpc) is 3.23. The van der Waals surface area contributed by atoms with Crippen LogP contribution >= 0.6 is 0 Å². The van der Waals surface area contributed by atoms with E-state index < -0.39 is 18.1 Å². The van der Waals surface area contributed by atoms with E-state index in [4.69, 9.17) is 28.4 Å². The summed E-state index contributed by atoms with van der Waals surface area (Å²) in [5.74, 6) is 6.09. The predicted octanol–water partition coefficient (Wildman–Crippen LogP) is 4.04. The molecule has 3 aliphatic rings. The summed E-state index contributed by atoms with van der Waals surface area (Å²) >= 11 is 0. The van der Waals surface area contributed by atoms with Gasteiger partial charge in [0.2, 0.25) is 5.78 Å². The molecule has 3 fully saturated rings. The zero-order chi connectivity index (χ0) is 26.7. The van der Waals surface area contributed by atoms with Crippen molar-refractivity contribution in [3.63, 3.8) is 0 Å². The van der Waals surface area contributed by atoms with Gasteiger partial charge in [-0.25, -0.2) is 0 Å². The smallest absolute Gasteiger partial charge is 0.202 e. The van der Waals surface area contributed by atoms with Crippen molar-refractivity contribution in [3.8, 4) is 23.3 Å². The van der Waals surface area contributed by atoms with Gasteiger partial charge in [-0.3, -0.25) is 4.79 Å². The number of rotatable bonds is 10. The van der Waals surface area contributed by atoms with E-state index in [-0.39, 0.29) is 37.0 Å². The van der Waals surface area contributed by atoms with Crippen LogP contribution in [0, 0.1) is 23.7 Å². The van der Waals surface area contributed by atoms with E-state index in [0.717, 1.165) is 38.5 Å². The maximum absolute atomic E-state index is 11.6. The van der Waals surface area contributed by atoms with Gasteiger partial charge in [0.25, 0.3) is 0 Å². The number of hydrogen-bond acceptors (Lipinski definition) is 8. The highest BCUT2D eigenvalue weighted by Crippen LogP contribution is 2.37. The van der Waals surface area contributed by atoms with Crippen LogP contribution in [-0.2, 0) is 23.7 Å². The number of ether oxygens (including phenoxy) is 6. The average molecular weight is 529 g/mol. The third-order valence-electron chi connectivity index (χ3n) is 7.08. The van der Waals surface area contributed by atoms with Gasteiger partial charge < -0.3 is 33.5 Å². The van der Waals surface area contributed by atoms with Gasteiger partial charge in [-0.1, -0.05) is 24.1 Å². The lowest BCUT2D eigenvalue weighted by Crippen LogP contribution is -2.32. The zero-order valence-corrected chi connectivity index (χ0v) is 22.4. The summed E-state index contributed by atoms with van der Waals surface area (Å²) in [4.78, 5) is 11.6. The Morgan fingerprint density at radius 3 is 2.55 bits per heavy atom. The van der Waals surface area contributed by atoms with Crippen LogP contribution in [0.4, 0.5) is 0 Å². The largest absolute Gasteiger partial charge is 0.497 e. The summed E-state index contributed by atoms with van der Waals surface area (Å²) < 4.78 is 35.6. The van der Waals surface area contributed by atoms with E-state index in [1.54, 1.807) is 7.11 Å². The van der Waals surface area contributed by atoms with Crippen molar-refractivity contribution < 1.29 is 38.3 Å². The molecule has 1 N–H and O–H groups in total. The molecule has 8 nitrogen and oxygen atoms in total. The summed E-state index contributed by atoms with van der Waals surface area (Å²) in [5.41, 5.74) is 0. The highest BCUT2D eigenvalue weighted by molar-refractivity contribution is 5.93. The van der Waals surface area contributed by atoms with Gasteiger partial charge in [-0.2, -0.15) is 0 Å². The second-order valence-electron chi connectivity index (χ2n) is 10.0. The number of ketones is 1. The fourth-order valence-electron chi connectivity index (χ4n) is 5.09. The van der Waals surface area contributed by atoms with E-state index in [0.29, 0.717) is 31.1 Å². The number of carbonyl (C=O) groups is 1. The molecular formula is C30H40O8. The number of carbonyl (C=O) groups excluding carboxylic acids is 1. The normalized spacial score (nSPS) is 30.4. The summed E-state index contributed by atoms with van der Waals surface area (Å²) in [5, 5.41) is 10.8. The monoisotopic (exact) mass is 528 g/mol. The Morgan fingerprint density at radius 1 is 1.13 bits per heavy atom. The first kappa shape index (κ1) is 28.6. The van der Waals surface area contributed by atoms with Crippen LogP contribution in [0.5, 0.6) is 11.5 Å². The minimum Gasteiger partial charge on any atom is -0.497 e. The minimum atomic E-state index is -0.709. The minimum absolute atomic E-state index is 0.234. The molecular weight excluding hydrogens is 488 g/mol. The third kappa shape index (κ3) is 8.55. The SMILES string of the molecule is COc1cccc(OCC(C=CC2C(OC3CCCCO3)CC(O)C2C#CC(C)=O)OC2CCCCO2)c1. The Balaban J connectivity index is 1.51. The van der Waals surface area contributed by atoms with E-state index in [1.807, 2.05) is 36.4 Å². The predicted molar refractivity (Wildman–Crippen MR) is 141 cm³/mol. The summed E-state index contributed by atoms with van der Waals surface area (Å²) in [7, 11) is 1.62. The van der Waals surface area contributed by atoms with E-state index in [9.17, 15) is 9.90 Å². The van der Waals surface area contributed by atoms with Gasteiger partial charge in [-0.05, 0) is 56.6 Å². The molecule has 38 heavy (non-hydrogen) atoms. The highest BCUT2D eigenvalue weighted by Gasteiger charge is 2.42. The quantitative estimate of drug-likeness (QED) is 0.276. The zero-order valence-electron chi connectivity index (χ0n) is 22.4. The van der Waals surface area contributed by atoms with Gasteiger partial charge in [0, 0.05) is 38.5 Å². The molecule has 0 bridgehead atoms. The Bertz CT molecular complexity index is 970. The maximum atomic E-state index is 11.6. The molecule has 0 amide bonds. The number of aliphatic hydroxyl groups is 1.